The molecule has 2 nitrogen and oxygen atoms in total. The van der Waals surface area contributed by atoms with Gasteiger partial charge in [-0.05, 0) is 43.7 Å². The van der Waals surface area contributed by atoms with E-state index in [2.05, 4.69) is 10.3 Å². The number of nitrogens with one attached hydrogen (secondary N) is 1. The van der Waals surface area contributed by atoms with Crippen molar-refractivity contribution in [3.63, 3.8) is 0 Å². The lowest BCUT2D eigenvalue weighted by Crippen LogP contribution is -2.24. The number of rotatable bonds is 4. The Bertz CT molecular complexity index is 523. The Balaban J connectivity index is 2.15. The lowest BCUT2D eigenvalue weighted by Gasteiger charge is -2.21. The first-order valence-electron chi connectivity index (χ1n) is 6.19. The second-order valence-corrected chi connectivity index (χ2v) is 4.53. The van der Waals surface area contributed by atoms with Gasteiger partial charge in [0.15, 0.2) is 0 Å². The van der Waals surface area contributed by atoms with Crippen LogP contribution in [0.1, 0.15) is 37.1 Å². The van der Waals surface area contributed by atoms with Gasteiger partial charge in [-0.3, -0.25) is 4.98 Å². The molecule has 0 radical (unpaired) electrons. The van der Waals surface area contributed by atoms with Crippen molar-refractivity contribution in [2.75, 3.05) is 0 Å². The highest BCUT2D eigenvalue weighted by Crippen LogP contribution is 2.23. The van der Waals surface area contributed by atoms with Crippen LogP contribution in [0.15, 0.2) is 42.7 Å². The third kappa shape index (κ3) is 3.15. The molecular weight excluding hydrogens is 246 g/mol. The minimum Gasteiger partial charge on any atom is -0.303 e. The van der Waals surface area contributed by atoms with E-state index < -0.39 is 17.7 Å². The third-order valence-electron chi connectivity index (χ3n) is 3.14. The molecule has 1 N–H and O–H groups in total. The lowest BCUT2D eigenvalue weighted by molar-refractivity contribution is 0.449. The van der Waals surface area contributed by atoms with Gasteiger partial charge in [-0.15, -0.1) is 0 Å². The molecule has 0 fully saturated rings. The van der Waals surface area contributed by atoms with Crippen LogP contribution >= 0.6 is 0 Å². The molecule has 0 aliphatic heterocycles. The van der Waals surface area contributed by atoms with Gasteiger partial charge >= 0.3 is 0 Å². The van der Waals surface area contributed by atoms with Gasteiger partial charge in [0.05, 0.1) is 0 Å². The summed E-state index contributed by atoms with van der Waals surface area (Å²) >= 11 is 0. The van der Waals surface area contributed by atoms with Gasteiger partial charge in [0.1, 0.15) is 11.6 Å². The van der Waals surface area contributed by atoms with E-state index >= 15 is 0 Å². The van der Waals surface area contributed by atoms with Crippen molar-refractivity contribution in [1.82, 2.24) is 10.3 Å². The summed E-state index contributed by atoms with van der Waals surface area (Å²) in [5, 5.41) is 3.19. The van der Waals surface area contributed by atoms with Crippen LogP contribution in [0, 0.1) is 11.6 Å². The minimum absolute atomic E-state index is 0.0167. The Morgan fingerprint density at radius 3 is 2.11 bits per heavy atom. The van der Waals surface area contributed by atoms with Crippen molar-refractivity contribution in [2.45, 2.75) is 25.9 Å². The molecule has 0 aliphatic rings. The van der Waals surface area contributed by atoms with Crippen LogP contribution in [0.2, 0.25) is 0 Å². The molecule has 0 aliphatic carbocycles. The first-order chi connectivity index (χ1) is 9.09. The van der Waals surface area contributed by atoms with Crippen LogP contribution in [0.25, 0.3) is 0 Å². The van der Waals surface area contributed by atoms with Gasteiger partial charge in [-0.1, -0.05) is 6.07 Å². The van der Waals surface area contributed by atoms with Crippen LogP contribution in [0.4, 0.5) is 8.78 Å². The van der Waals surface area contributed by atoms with Gasteiger partial charge < -0.3 is 5.32 Å². The lowest BCUT2D eigenvalue weighted by atomic mass is 10.0. The molecule has 0 spiro atoms. The summed E-state index contributed by atoms with van der Waals surface area (Å²) in [6, 6.07) is 7.24. The van der Waals surface area contributed by atoms with Crippen molar-refractivity contribution in [3.05, 3.63) is 65.5 Å². The zero-order valence-electron chi connectivity index (χ0n) is 10.9. The second-order valence-electron chi connectivity index (χ2n) is 4.53. The van der Waals surface area contributed by atoms with Crippen molar-refractivity contribution in [2.24, 2.45) is 0 Å². The zero-order chi connectivity index (χ0) is 13.8. The molecule has 2 atom stereocenters. The molecule has 1 unspecified atom stereocenters. The summed E-state index contributed by atoms with van der Waals surface area (Å²) in [7, 11) is 0. The summed E-state index contributed by atoms with van der Waals surface area (Å²) in [6.45, 7) is 3.70. The largest absolute Gasteiger partial charge is 0.303 e. The van der Waals surface area contributed by atoms with Gasteiger partial charge in [0.2, 0.25) is 0 Å². The van der Waals surface area contributed by atoms with E-state index in [1.165, 1.54) is 18.2 Å². The molecule has 0 saturated carbocycles. The first kappa shape index (κ1) is 13.6. The maximum Gasteiger partial charge on any atom is 0.130 e. The van der Waals surface area contributed by atoms with E-state index in [0.717, 1.165) is 5.56 Å². The molecule has 2 rings (SSSR count). The van der Waals surface area contributed by atoms with E-state index in [1.807, 2.05) is 19.1 Å². The van der Waals surface area contributed by atoms with E-state index in [9.17, 15) is 8.78 Å². The van der Waals surface area contributed by atoms with E-state index in [0.29, 0.717) is 0 Å². The molecule has 1 heterocycles. The highest BCUT2D eigenvalue weighted by atomic mass is 19.1. The predicted octanol–water partition coefficient (Wildman–Crippen LogP) is 3.77. The topological polar surface area (TPSA) is 24.9 Å². The first-order valence-corrected chi connectivity index (χ1v) is 6.19. The highest BCUT2D eigenvalue weighted by molar-refractivity contribution is 5.24. The molecule has 0 bridgehead atoms. The predicted molar refractivity (Wildman–Crippen MR) is 70.6 cm³/mol. The number of hydrogen-bond acceptors (Lipinski definition) is 2. The fraction of sp³-hybridized carbons (Fsp3) is 0.267. The van der Waals surface area contributed by atoms with E-state index in [-0.39, 0.29) is 11.6 Å². The number of benzene rings is 1. The molecule has 4 heteroatoms. The van der Waals surface area contributed by atoms with Crippen LogP contribution in [-0.2, 0) is 0 Å². The summed E-state index contributed by atoms with van der Waals surface area (Å²) in [5.41, 5.74) is 1.10. The SMILES string of the molecule is CC(N[C@H](C)c1ccncc1)c1c(F)cccc1F. The summed E-state index contributed by atoms with van der Waals surface area (Å²) in [4.78, 5) is 3.95. The van der Waals surface area contributed by atoms with Gasteiger partial charge in [0, 0.05) is 30.0 Å². The summed E-state index contributed by atoms with van der Waals surface area (Å²) in [6.07, 6.45) is 3.39. The summed E-state index contributed by atoms with van der Waals surface area (Å²) < 4.78 is 27.3. The molecule has 2 aromatic rings. The molecule has 100 valence electrons. The highest BCUT2D eigenvalue weighted by Gasteiger charge is 2.18. The maximum absolute atomic E-state index is 13.7. The average molecular weight is 262 g/mol. The van der Waals surface area contributed by atoms with Crippen LogP contribution in [0.5, 0.6) is 0 Å². The number of aromatic nitrogens is 1. The van der Waals surface area contributed by atoms with Crippen LogP contribution in [0.3, 0.4) is 0 Å². The molecular formula is C15H16F2N2. The summed E-state index contributed by atoms with van der Waals surface area (Å²) in [5.74, 6) is -1.05. The van der Waals surface area contributed by atoms with Gasteiger partial charge in [0.25, 0.3) is 0 Å². The number of halogens is 2. The van der Waals surface area contributed by atoms with E-state index in [4.69, 9.17) is 0 Å². The Kier molecular flexibility index (Phi) is 4.22. The fourth-order valence-electron chi connectivity index (χ4n) is 2.13. The molecule has 0 amide bonds. The average Bonchev–Trinajstić information content (AvgIpc) is 2.39. The Morgan fingerprint density at radius 2 is 1.53 bits per heavy atom. The Hall–Kier alpha value is -1.81. The van der Waals surface area contributed by atoms with Crippen LogP contribution < -0.4 is 5.32 Å². The van der Waals surface area contributed by atoms with Crippen molar-refractivity contribution in [1.29, 1.82) is 0 Å². The zero-order valence-corrected chi connectivity index (χ0v) is 10.9. The van der Waals surface area contributed by atoms with Crippen molar-refractivity contribution in [3.8, 4) is 0 Å². The molecule has 1 aromatic heterocycles. The fourth-order valence-corrected chi connectivity index (χ4v) is 2.13. The molecule has 19 heavy (non-hydrogen) atoms. The van der Waals surface area contributed by atoms with Crippen LogP contribution in [-0.4, -0.2) is 4.98 Å². The molecule has 1 aromatic carbocycles. The second kappa shape index (κ2) is 5.89. The standard InChI is InChI=1S/C15H16F2N2/c1-10(12-6-8-18-9-7-12)19-11(2)15-13(16)4-3-5-14(15)17/h3-11,19H,1-2H3/t10-,11?/m1/s1. The smallest absolute Gasteiger partial charge is 0.130 e. The number of pyridine rings is 1. The van der Waals surface area contributed by atoms with Crippen molar-refractivity contribution >= 4 is 0 Å². The minimum atomic E-state index is -0.526. The third-order valence-corrected chi connectivity index (χ3v) is 3.14. The Morgan fingerprint density at radius 1 is 0.947 bits per heavy atom. The van der Waals surface area contributed by atoms with Gasteiger partial charge in [-0.2, -0.15) is 0 Å². The number of nitrogens with zero attached hydrogens (tertiary/aromatic N) is 1. The quantitative estimate of drug-likeness (QED) is 0.907. The number of hydrogen-bond donors (Lipinski definition) is 1. The van der Waals surface area contributed by atoms with Crippen molar-refractivity contribution < 1.29 is 8.78 Å². The normalized spacial score (nSPS) is 14.1. The monoisotopic (exact) mass is 262 g/mol. The Labute approximate surface area is 111 Å². The van der Waals surface area contributed by atoms with Gasteiger partial charge in [-0.25, -0.2) is 8.78 Å². The molecule has 0 saturated heterocycles. The van der Waals surface area contributed by atoms with E-state index in [1.54, 1.807) is 19.3 Å². The maximum atomic E-state index is 13.7.